The van der Waals surface area contributed by atoms with Gasteiger partial charge < -0.3 is 5.32 Å². The molecule has 2 aromatic carbocycles. The highest BCUT2D eigenvalue weighted by Crippen LogP contribution is 2.41. The number of benzene rings is 2. The van der Waals surface area contributed by atoms with Gasteiger partial charge in [0, 0.05) is 9.26 Å². The van der Waals surface area contributed by atoms with Crippen molar-refractivity contribution in [1.82, 2.24) is 0 Å². The molecule has 1 heterocycles. The first-order valence-corrected chi connectivity index (χ1v) is 8.74. The zero-order chi connectivity index (χ0) is 15.2. The molecule has 1 atom stereocenters. The van der Waals surface area contributed by atoms with Crippen LogP contribution in [0.1, 0.15) is 35.4 Å². The molecule has 21 heavy (non-hydrogen) atoms. The molecule has 3 rings (SSSR count). The fourth-order valence-corrected chi connectivity index (χ4v) is 3.52. The number of fused-ring (bicyclic) bond motifs is 1. The summed E-state index contributed by atoms with van der Waals surface area (Å²) in [6, 6.07) is 14.7. The van der Waals surface area contributed by atoms with Gasteiger partial charge in [0.1, 0.15) is 0 Å². The maximum Gasteiger partial charge on any atom is 0.234 e. The number of rotatable bonds is 2. The van der Waals surface area contributed by atoms with Crippen molar-refractivity contribution in [3.8, 4) is 0 Å². The second-order valence-electron chi connectivity index (χ2n) is 5.80. The molecular formula is C17H15BrINO. The van der Waals surface area contributed by atoms with Crippen LogP contribution < -0.4 is 5.32 Å². The van der Waals surface area contributed by atoms with E-state index in [1.54, 1.807) is 0 Å². The van der Waals surface area contributed by atoms with Crippen LogP contribution in [-0.2, 0) is 10.2 Å². The molecule has 0 spiro atoms. The Kier molecular flexibility index (Phi) is 3.86. The van der Waals surface area contributed by atoms with Gasteiger partial charge in [0.25, 0.3) is 0 Å². The van der Waals surface area contributed by atoms with Gasteiger partial charge in [0.05, 0.1) is 10.2 Å². The van der Waals surface area contributed by atoms with E-state index < -0.39 is 5.41 Å². The minimum absolute atomic E-state index is 0.0648. The van der Waals surface area contributed by atoms with Crippen LogP contribution in [0.4, 0.5) is 5.69 Å². The lowest BCUT2D eigenvalue weighted by Gasteiger charge is -2.18. The molecule has 1 aliphatic heterocycles. The van der Waals surface area contributed by atoms with E-state index in [0.717, 1.165) is 11.3 Å². The maximum absolute atomic E-state index is 12.0. The fraction of sp³-hybridized carbons (Fsp3) is 0.235. The van der Waals surface area contributed by atoms with Gasteiger partial charge >= 0.3 is 0 Å². The molecule has 2 nitrogen and oxygen atoms in total. The normalized spacial score (nSPS) is 17.2. The Morgan fingerprint density at radius 2 is 1.71 bits per heavy atom. The SMILES string of the molecule is CC1(C)C(=O)Nc2ccc(C(Br)c3ccc(I)cc3)cc21. The van der Waals surface area contributed by atoms with Gasteiger partial charge in [-0.3, -0.25) is 4.79 Å². The van der Waals surface area contributed by atoms with E-state index in [-0.39, 0.29) is 10.7 Å². The van der Waals surface area contributed by atoms with Crippen LogP contribution >= 0.6 is 38.5 Å². The van der Waals surface area contributed by atoms with Crippen molar-refractivity contribution < 1.29 is 4.79 Å². The highest BCUT2D eigenvalue weighted by molar-refractivity contribution is 14.1. The highest BCUT2D eigenvalue weighted by atomic mass is 127. The summed E-state index contributed by atoms with van der Waals surface area (Å²) in [4.78, 5) is 12.1. The summed E-state index contributed by atoms with van der Waals surface area (Å²) in [6.45, 7) is 3.93. The molecule has 0 radical (unpaired) electrons. The first-order chi connectivity index (χ1) is 9.89. The Morgan fingerprint density at radius 3 is 2.38 bits per heavy atom. The van der Waals surface area contributed by atoms with Crippen molar-refractivity contribution in [2.75, 3.05) is 5.32 Å². The molecule has 0 aromatic heterocycles. The van der Waals surface area contributed by atoms with Gasteiger partial charge in [-0.15, -0.1) is 0 Å². The van der Waals surface area contributed by atoms with Crippen LogP contribution in [-0.4, -0.2) is 5.91 Å². The van der Waals surface area contributed by atoms with Crippen molar-refractivity contribution in [2.45, 2.75) is 24.1 Å². The molecule has 0 saturated carbocycles. The number of halogens is 2. The molecule has 0 bridgehead atoms. The van der Waals surface area contributed by atoms with Crippen LogP contribution in [0.3, 0.4) is 0 Å². The number of hydrogen-bond donors (Lipinski definition) is 1. The minimum Gasteiger partial charge on any atom is -0.325 e. The van der Waals surface area contributed by atoms with E-state index in [4.69, 9.17) is 0 Å². The Morgan fingerprint density at radius 1 is 1.10 bits per heavy atom. The van der Waals surface area contributed by atoms with E-state index in [1.165, 1.54) is 14.7 Å². The molecule has 1 aliphatic rings. The number of anilines is 1. The van der Waals surface area contributed by atoms with Gasteiger partial charge in [-0.05, 0) is 71.3 Å². The van der Waals surface area contributed by atoms with Crippen molar-refractivity contribution >= 4 is 50.1 Å². The van der Waals surface area contributed by atoms with E-state index >= 15 is 0 Å². The average Bonchev–Trinajstić information content (AvgIpc) is 2.69. The third-order valence-electron chi connectivity index (χ3n) is 3.99. The molecular weight excluding hydrogens is 441 g/mol. The second-order valence-corrected chi connectivity index (χ2v) is 7.96. The standard InChI is InChI=1S/C17H15BrINO/c1-17(2)13-9-11(5-8-14(13)20-16(17)21)15(18)10-3-6-12(19)7-4-10/h3-9,15H,1-2H3,(H,20,21). The number of hydrogen-bond acceptors (Lipinski definition) is 1. The zero-order valence-electron chi connectivity index (χ0n) is 11.8. The topological polar surface area (TPSA) is 29.1 Å². The molecule has 0 aliphatic carbocycles. The molecule has 1 amide bonds. The minimum atomic E-state index is -0.468. The Labute approximate surface area is 146 Å². The predicted octanol–water partition coefficient (Wildman–Crippen LogP) is 5.01. The van der Waals surface area contributed by atoms with Crippen molar-refractivity contribution in [3.05, 3.63) is 62.7 Å². The third-order valence-corrected chi connectivity index (χ3v) is 5.76. The Bertz CT molecular complexity index is 709. The number of carbonyl (C=O) groups excluding carboxylic acids is 1. The summed E-state index contributed by atoms with van der Waals surface area (Å²) >= 11 is 6.08. The van der Waals surface area contributed by atoms with Crippen molar-refractivity contribution in [1.29, 1.82) is 0 Å². The third kappa shape index (κ3) is 2.63. The molecule has 108 valence electrons. The van der Waals surface area contributed by atoms with Crippen LogP contribution in [0.15, 0.2) is 42.5 Å². The lowest BCUT2D eigenvalue weighted by atomic mass is 9.85. The average molecular weight is 456 g/mol. The molecule has 1 unspecified atom stereocenters. The summed E-state index contributed by atoms with van der Waals surface area (Å²) in [7, 11) is 0. The number of amides is 1. The molecule has 0 saturated heterocycles. The molecule has 4 heteroatoms. The van der Waals surface area contributed by atoms with E-state index in [1.807, 2.05) is 19.9 Å². The van der Waals surface area contributed by atoms with Crippen LogP contribution in [0.25, 0.3) is 0 Å². The van der Waals surface area contributed by atoms with Gasteiger partial charge in [-0.25, -0.2) is 0 Å². The summed E-state index contributed by atoms with van der Waals surface area (Å²) in [5.41, 5.74) is 3.91. The number of alkyl halides is 1. The first kappa shape index (κ1) is 15.0. The van der Waals surface area contributed by atoms with Gasteiger partial charge in [-0.1, -0.05) is 40.2 Å². The number of nitrogens with one attached hydrogen (secondary N) is 1. The Hall–Kier alpha value is -0.880. The summed E-state index contributed by atoms with van der Waals surface area (Å²) in [6.07, 6.45) is 0. The molecule has 2 aromatic rings. The van der Waals surface area contributed by atoms with Gasteiger partial charge in [0.2, 0.25) is 5.91 Å². The summed E-state index contributed by atoms with van der Waals surface area (Å²) in [5.74, 6) is 0.0648. The van der Waals surface area contributed by atoms with E-state index in [0.29, 0.717) is 0 Å². The van der Waals surface area contributed by atoms with Gasteiger partial charge in [0.15, 0.2) is 0 Å². The summed E-state index contributed by atoms with van der Waals surface area (Å²) < 4.78 is 1.22. The largest absolute Gasteiger partial charge is 0.325 e. The fourth-order valence-electron chi connectivity index (χ4n) is 2.57. The highest BCUT2D eigenvalue weighted by Gasteiger charge is 2.38. The lowest BCUT2D eigenvalue weighted by molar-refractivity contribution is -0.119. The van der Waals surface area contributed by atoms with Gasteiger partial charge in [-0.2, -0.15) is 0 Å². The first-order valence-electron chi connectivity index (χ1n) is 6.75. The monoisotopic (exact) mass is 455 g/mol. The smallest absolute Gasteiger partial charge is 0.234 e. The zero-order valence-corrected chi connectivity index (χ0v) is 15.5. The van der Waals surface area contributed by atoms with Crippen molar-refractivity contribution in [3.63, 3.8) is 0 Å². The van der Waals surface area contributed by atoms with Crippen LogP contribution in [0, 0.1) is 3.57 Å². The van der Waals surface area contributed by atoms with E-state index in [9.17, 15) is 4.79 Å². The quantitative estimate of drug-likeness (QED) is 0.500. The molecule has 1 N–H and O–H groups in total. The predicted molar refractivity (Wildman–Crippen MR) is 98.0 cm³/mol. The van der Waals surface area contributed by atoms with Crippen molar-refractivity contribution in [2.24, 2.45) is 0 Å². The van der Waals surface area contributed by atoms with Crippen LogP contribution in [0.5, 0.6) is 0 Å². The molecule has 0 fully saturated rings. The second kappa shape index (κ2) is 5.39. The van der Waals surface area contributed by atoms with Crippen LogP contribution in [0.2, 0.25) is 0 Å². The summed E-state index contributed by atoms with van der Waals surface area (Å²) in [5, 5.41) is 2.95. The van der Waals surface area contributed by atoms with E-state index in [2.05, 4.69) is 80.2 Å². The Balaban J connectivity index is 2.00. The maximum atomic E-state index is 12.0. The lowest BCUT2D eigenvalue weighted by Crippen LogP contribution is -2.26. The number of carbonyl (C=O) groups is 1.